The van der Waals surface area contributed by atoms with Crippen molar-refractivity contribution < 1.29 is 0 Å². The average Bonchev–Trinajstić information content (AvgIpc) is 3.69. The molecule has 3 nitrogen and oxygen atoms in total. The number of aromatic nitrogens is 2. The predicted octanol–water partition coefficient (Wildman–Crippen LogP) is 16.2. The van der Waals surface area contributed by atoms with E-state index in [0.717, 1.165) is 39.6 Å². The molecule has 12 rings (SSSR count). The zero-order valence-electron chi connectivity index (χ0n) is 34.4. The maximum absolute atomic E-state index is 4.75. The Kier molecular flexibility index (Phi) is 8.83. The second-order valence-corrected chi connectivity index (χ2v) is 16.1. The minimum Gasteiger partial charge on any atom is -0.310 e. The SMILES string of the molecule is c1ccc(-c2c3c(c(-c4ccccc4)c4ccccc24)-c2ccc(-c4ccc(N(c5ccccc5)c5cc(-c6ccccn6)cc(-c6ccccn6)c5)cc4)c4cccc-3c24)cc1. The molecule has 63 heavy (non-hydrogen) atoms. The zero-order chi connectivity index (χ0) is 41.7. The van der Waals surface area contributed by atoms with E-state index in [9.17, 15) is 0 Å². The third kappa shape index (κ3) is 6.21. The van der Waals surface area contributed by atoms with Crippen LogP contribution in [0.1, 0.15) is 0 Å². The van der Waals surface area contributed by atoms with E-state index in [4.69, 9.17) is 9.97 Å². The molecule has 0 spiro atoms. The van der Waals surface area contributed by atoms with Crippen LogP contribution in [0, 0.1) is 0 Å². The van der Waals surface area contributed by atoms with Crippen molar-refractivity contribution in [1.82, 2.24) is 9.97 Å². The first-order valence-corrected chi connectivity index (χ1v) is 21.5. The van der Waals surface area contributed by atoms with Crippen LogP contribution in [0.2, 0.25) is 0 Å². The van der Waals surface area contributed by atoms with Gasteiger partial charge in [-0.15, -0.1) is 0 Å². The molecule has 0 bridgehead atoms. The van der Waals surface area contributed by atoms with Crippen LogP contribution in [-0.2, 0) is 0 Å². The summed E-state index contributed by atoms with van der Waals surface area (Å²) in [5.74, 6) is 0. The number of para-hydroxylation sites is 1. The fourth-order valence-corrected chi connectivity index (χ4v) is 9.78. The van der Waals surface area contributed by atoms with Crippen molar-refractivity contribution in [3.8, 4) is 78.1 Å². The molecule has 0 amide bonds. The smallest absolute Gasteiger partial charge is 0.0702 e. The molecule has 0 saturated heterocycles. The number of benzene rings is 9. The number of fused-ring (bicyclic) bond motifs is 4. The van der Waals surface area contributed by atoms with E-state index >= 15 is 0 Å². The Morgan fingerprint density at radius 1 is 0.270 bits per heavy atom. The topological polar surface area (TPSA) is 29.0 Å². The minimum absolute atomic E-state index is 0.911. The van der Waals surface area contributed by atoms with Gasteiger partial charge in [0.25, 0.3) is 0 Å². The van der Waals surface area contributed by atoms with Gasteiger partial charge < -0.3 is 4.90 Å². The lowest BCUT2D eigenvalue weighted by molar-refractivity contribution is 1.26. The molecule has 2 aromatic heterocycles. The summed E-state index contributed by atoms with van der Waals surface area (Å²) in [6, 6.07) is 80.8. The first-order valence-electron chi connectivity index (χ1n) is 21.5. The van der Waals surface area contributed by atoms with Crippen LogP contribution in [0.15, 0.2) is 237 Å². The molecule has 0 unspecified atom stereocenters. The van der Waals surface area contributed by atoms with E-state index in [1.807, 2.05) is 36.7 Å². The fraction of sp³-hybridized carbons (Fsp3) is 0. The lowest BCUT2D eigenvalue weighted by atomic mass is 9.82. The molecule has 0 atom stereocenters. The maximum atomic E-state index is 4.75. The molecule has 3 heteroatoms. The molecule has 0 radical (unpaired) electrons. The van der Waals surface area contributed by atoms with Crippen LogP contribution in [0.4, 0.5) is 17.1 Å². The lowest BCUT2D eigenvalue weighted by Gasteiger charge is -2.27. The Hall–Kier alpha value is -8.40. The summed E-state index contributed by atoms with van der Waals surface area (Å²) in [4.78, 5) is 11.8. The van der Waals surface area contributed by atoms with Gasteiger partial charge in [0.15, 0.2) is 0 Å². The van der Waals surface area contributed by atoms with Crippen LogP contribution in [-0.4, -0.2) is 9.97 Å². The highest BCUT2D eigenvalue weighted by Gasteiger charge is 2.31. The molecule has 9 aromatic carbocycles. The second-order valence-electron chi connectivity index (χ2n) is 16.1. The number of hydrogen-bond acceptors (Lipinski definition) is 3. The van der Waals surface area contributed by atoms with Gasteiger partial charge >= 0.3 is 0 Å². The third-order valence-corrected chi connectivity index (χ3v) is 12.5. The van der Waals surface area contributed by atoms with E-state index in [-0.39, 0.29) is 0 Å². The monoisotopic (exact) mass is 801 g/mol. The van der Waals surface area contributed by atoms with Gasteiger partial charge in [0.1, 0.15) is 0 Å². The standard InChI is InChI=1S/C60H39N3/c1-4-17-41(18-5-1)56-50-23-10-11-24-51(50)57(42-19-6-2-7-20-42)60-53-34-33-48(49-25-16-26-52(58(49)53)59(56)60)40-29-31-46(32-30-40)63(45-21-8-3-9-22-45)47-38-43(54-27-12-14-35-61-54)37-44(39-47)55-28-13-15-36-62-55/h1-39H. The Morgan fingerprint density at radius 2 is 0.746 bits per heavy atom. The van der Waals surface area contributed by atoms with Crippen molar-refractivity contribution in [1.29, 1.82) is 0 Å². The summed E-state index contributed by atoms with van der Waals surface area (Å²) >= 11 is 0. The van der Waals surface area contributed by atoms with Gasteiger partial charge in [-0.05, 0) is 144 Å². The molecule has 294 valence electrons. The Balaban J connectivity index is 1.03. The summed E-state index contributed by atoms with van der Waals surface area (Å²) < 4.78 is 0. The van der Waals surface area contributed by atoms with Crippen molar-refractivity contribution >= 4 is 38.6 Å². The molecule has 0 saturated carbocycles. The van der Waals surface area contributed by atoms with Crippen LogP contribution in [0.5, 0.6) is 0 Å². The first-order chi connectivity index (χ1) is 31.3. The molecule has 11 aromatic rings. The summed E-state index contributed by atoms with van der Waals surface area (Å²) in [5, 5.41) is 5.09. The van der Waals surface area contributed by atoms with Gasteiger partial charge in [-0.1, -0.05) is 158 Å². The maximum Gasteiger partial charge on any atom is 0.0702 e. The molecule has 1 aliphatic rings. The fourth-order valence-electron chi connectivity index (χ4n) is 9.78. The van der Waals surface area contributed by atoms with E-state index in [1.165, 1.54) is 77.2 Å². The van der Waals surface area contributed by atoms with Gasteiger partial charge in [-0.25, -0.2) is 0 Å². The normalized spacial score (nSPS) is 11.5. The lowest BCUT2D eigenvalue weighted by Crippen LogP contribution is -2.10. The molecule has 0 aliphatic heterocycles. The van der Waals surface area contributed by atoms with E-state index in [0.29, 0.717) is 0 Å². The zero-order valence-corrected chi connectivity index (χ0v) is 34.4. The number of rotatable bonds is 8. The van der Waals surface area contributed by atoms with Crippen molar-refractivity contribution in [2.75, 3.05) is 4.90 Å². The Morgan fingerprint density at radius 3 is 1.30 bits per heavy atom. The second kappa shape index (κ2) is 15.3. The summed E-state index contributed by atoms with van der Waals surface area (Å²) in [7, 11) is 0. The highest BCUT2D eigenvalue weighted by Crippen LogP contribution is 2.58. The van der Waals surface area contributed by atoms with Crippen molar-refractivity contribution in [3.63, 3.8) is 0 Å². The number of pyridine rings is 2. The minimum atomic E-state index is 0.911. The van der Waals surface area contributed by atoms with Gasteiger partial charge in [0.05, 0.1) is 11.4 Å². The quantitative estimate of drug-likeness (QED) is 0.153. The number of anilines is 3. The molecule has 2 heterocycles. The van der Waals surface area contributed by atoms with Crippen molar-refractivity contribution in [2.45, 2.75) is 0 Å². The van der Waals surface area contributed by atoms with Gasteiger partial charge in [0.2, 0.25) is 0 Å². The molecule has 0 fully saturated rings. The van der Waals surface area contributed by atoms with Crippen LogP contribution < -0.4 is 4.90 Å². The largest absolute Gasteiger partial charge is 0.310 e. The summed E-state index contributed by atoms with van der Waals surface area (Å²) in [6.45, 7) is 0. The number of nitrogens with zero attached hydrogens (tertiary/aromatic N) is 3. The van der Waals surface area contributed by atoms with Crippen molar-refractivity contribution in [2.24, 2.45) is 0 Å². The van der Waals surface area contributed by atoms with E-state index < -0.39 is 0 Å². The molecular weight excluding hydrogens is 763 g/mol. The third-order valence-electron chi connectivity index (χ3n) is 12.5. The average molecular weight is 802 g/mol. The Bertz CT molecular complexity index is 3310. The summed E-state index contributed by atoms with van der Waals surface area (Å²) in [5.41, 5.74) is 19.6. The van der Waals surface area contributed by atoms with Crippen LogP contribution in [0.3, 0.4) is 0 Å². The highest BCUT2D eigenvalue weighted by atomic mass is 15.1. The summed E-state index contributed by atoms with van der Waals surface area (Å²) in [6.07, 6.45) is 3.70. The van der Waals surface area contributed by atoms with Crippen molar-refractivity contribution in [3.05, 3.63) is 237 Å². The Labute approximate surface area is 366 Å². The highest BCUT2D eigenvalue weighted by molar-refractivity contribution is 6.28. The molecular formula is C60H39N3. The van der Waals surface area contributed by atoms with Crippen LogP contribution in [0.25, 0.3) is 99.7 Å². The van der Waals surface area contributed by atoms with Gasteiger partial charge in [-0.3, -0.25) is 9.97 Å². The van der Waals surface area contributed by atoms with E-state index in [2.05, 4.69) is 205 Å². The van der Waals surface area contributed by atoms with Gasteiger partial charge in [0, 0.05) is 40.6 Å². The molecule has 0 N–H and O–H groups in total. The van der Waals surface area contributed by atoms with E-state index in [1.54, 1.807) is 0 Å². The molecule has 1 aliphatic carbocycles. The first kappa shape index (κ1) is 36.5. The predicted molar refractivity (Wildman–Crippen MR) is 263 cm³/mol. The number of hydrogen-bond donors (Lipinski definition) is 0. The van der Waals surface area contributed by atoms with Crippen LogP contribution >= 0.6 is 0 Å². The van der Waals surface area contributed by atoms with Gasteiger partial charge in [-0.2, -0.15) is 0 Å².